The Morgan fingerprint density at radius 3 is 2.24 bits per heavy atom. The number of nitrogens with zero attached hydrogens (tertiary/aromatic N) is 2. The maximum absolute atomic E-state index is 11.2. The van der Waals surface area contributed by atoms with Crippen LogP contribution < -0.4 is 5.46 Å². The Hall–Kier alpha value is -1.63. The normalized spacial score (nSPS) is 18.6. The Kier molecular flexibility index (Phi) is 4.56. The van der Waals surface area contributed by atoms with E-state index < -0.39 is 7.12 Å². The van der Waals surface area contributed by atoms with Crippen molar-refractivity contribution >= 4 is 30.0 Å². The van der Waals surface area contributed by atoms with Crippen LogP contribution in [0.5, 0.6) is 0 Å². The fraction of sp³-hybridized carbons (Fsp3) is 0.444. The van der Waals surface area contributed by atoms with Gasteiger partial charge in [-0.1, -0.05) is 35.9 Å². The van der Waals surface area contributed by atoms with Crippen LogP contribution in [-0.4, -0.2) is 33.9 Å². The molecule has 0 aliphatic carbocycles. The molecule has 0 amide bonds. The lowest BCUT2D eigenvalue weighted by Gasteiger charge is -2.32. The first-order chi connectivity index (χ1) is 11.6. The molecule has 1 aliphatic heterocycles. The van der Waals surface area contributed by atoms with Gasteiger partial charge in [0.25, 0.3) is 0 Å². The lowest BCUT2D eigenvalue weighted by atomic mass is 9.78. The Morgan fingerprint density at radius 1 is 1.16 bits per heavy atom. The molecular formula is C18H22BClN2O3. The number of halogens is 1. The van der Waals surface area contributed by atoms with E-state index in [2.05, 4.69) is 5.10 Å². The summed E-state index contributed by atoms with van der Waals surface area (Å²) in [4.78, 5) is 11.2. The number of Topliss-reactive ketones (excluding diaryl/α,β-unsaturated/α-hetero) is 1. The van der Waals surface area contributed by atoms with Gasteiger partial charge in [-0.15, -0.1) is 0 Å². The first-order valence-electron chi connectivity index (χ1n) is 8.27. The Bertz CT molecular complexity index is 783. The van der Waals surface area contributed by atoms with Crippen LogP contribution >= 0.6 is 11.6 Å². The van der Waals surface area contributed by atoms with Gasteiger partial charge < -0.3 is 9.31 Å². The molecule has 7 heteroatoms. The summed E-state index contributed by atoms with van der Waals surface area (Å²) in [6, 6.07) is 7.86. The molecule has 0 unspecified atom stereocenters. The van der Waals surface area contributed by atoms with Crippen molar-refractivity contribution in [2.75, 3.05) is 0 Å². The third kappa shape index (κ3) is 3.52. The van der Waals surface area contributed by atoms with Crippen molar-refractivity contribution in [2.24, 2.45) is 0 Å². The van der Waals surface area contributed by atoms with Gasteiger partial charge in [0.1, 0.15) is 0 Å². The number of ketones is 1. The van der Waals surface area contributed by atoms with E-state index in [0.717, 1.165) is 16.6 Å². The molecule has 0 bridgehead atoms. The minimum Gasteiger partial charge on any atom is -0.399 e. The number of carbonyl (C=O) groups excluding carboxylic acids is 1. The first kappa shape index (κ1) is 18.2. The molecule has 132 valence electrons. The summed E-state index contributed by atoms with van der Waals surface area (Å²) in [5.74, 6) is 0.0295. The summed E-state index contributed by atoms with van der Waals surface area (Å²) < 4.78 is 13.7. The highest BCUT2D eigenvalue weighted by Gasteiger charge is 2.51. The monoisotopic (exact) mass is 360 g/mol. The molecule has 1 fully saturated rings. The third-order valence-corrected chi connectivity index (χ3v) is 5.13. The van der Waals surface area contributed by atoms with Crippen molar-refractivity contribution in [2.45, 2.75) is 52.4 Å². The smallest absolute Gasteiger partial charge is 0.399 e. The Morgan fingerprint density at radius 2 is 1.72 bits per heavy atom. The van der Waals surface area contributed by atoms with Crippen molar-refractivity contribution in [1.29, 1.82) is 0 Å². The molecule has 1 saturated heterocycles. The Balaban J connectivity index is 1.82. The predicted molar refractivity (Wildman–Crippen MR) is 99.1 cm³/mol. The number of rotatable bonds is 4. The first-order valence-corrected chi connectivity index (χ1v) is 8.65. The van der Waals surface area contributed by atoms with Gasteiger partial charge >= 0.3 is 7.12 Å². The second-order valence-electron chi connectivity index (χ2n) is 7.44. The van der Waals surface area contributed by atoms with E-state index in [1.54, 1.807) is 10.9 Å². The molecule has 2 aromatic rings. The second-order valence-corrected chi connectivity index (χ2v) is 7.80. The zero-order chi connectivity index (χ0) is 18.4. The molecule has 1 aromatic heterocycles. The van der Waals surface area contributed by atoms with E-state index in [4.69, 9.17) is 20.9 Å². The van der Waals surface area contributed by atoms with Gasteiger partial charge in [0, 0.05) is 11.8 Å². The summed E-state index contributed by atoms with van der Waals surface area (Å²) in [5, 5.41) is 4.56. The summed E-state index contributed by atoms with van der Waals surface area (Å²) in [6.07, 6.45) is 1.79. The van der Waals surface area contributed by atoms with Gasteiger partial charge in [-0.3, -0.25) is 9.48 Å². The quantitative estimate of drug-likeness (QED) is 0.786. The zero-order valence-corrected chi connectivity index (χ0v) is 15.9. The fourth-order valence-electron chi connectivity index (χ4n) is 2.70. The SMILES string of the molecule is CC(=O)Cn1cc(-c2ccc(B3OC(C)(C)C(C)(C)O3)cc2)c(Cl)n1. The highest BCUT2D eigenvalue weighted by molar-refractivity contribution is 6.62. The largest absolute Gasteiger partial charge is 0.494 e. The molecule has 0 spiro atoms. The van der Waals surface area contributed by atoms with Gasteiger partial charge in [-0.05, 0) is 45.6 Å². The number of benzene rings is 1. The maximum Gasteiger partial charge on any atom is 0.494 e. The van der Waals surface area contributed by atoms with Crippen LogP contribution in [0.2, 0.25) is 5.15 Å². The van der Waals surface area contributed by atoms with Crippen molar-refractivity contribution in [1.82, 2.24) is 9.78 Å². The van der Waals surface area contributed by atoms with Crippen molar-refractivity contribution in [3.8, 4) is 11.1 Å². The highest BCUT2D eigenvalue weighted by Crippen LogP contribution is 2.36. The van der Waals surface area contributed by atoms with E-state index in [1.807, 2.05) is 52.0 Å². The van der Waals surface area contributed by atoms with Gasteiger partial charge in [-0.2, -0.15) is 5.10 Å². The molecule has 25 heavy (non-hydrogen) atoms. The molecule has 1 aromatic carbocycles. The second kappa shape index (κ2) is 6.27. The third-order valence-electron chi connectivity index (χ3n) is 4.85. The van der Waals surface area contributed by atoms with Crippen LogP contribution in [0.1, 0.15) is 34.6 Å². The highest BCUT2D eigenvalue weighted by atomic mass is 35.5. The van der Waals surface area contributed by atoms with Crippen LogP contribution in [0.25, 0.3) is 11.1 Å². The summed E-state index contributed by atoms with van der Waals surface area (Å²) >= 11 is 6.21. The maximum atomic E-state index is 11.2. The average molecular weight is 361 g/mol. The van der Waals surface area contributed by atoms with Gasteiger partial charge in [0.15, 0.2) is 10.9 Å². The predicted octanol–water partition coefficient (Wildman–Crippen LogP) is 3.09. The molecule has 0 radical (unpaired) electrons. The number of carbonyl (C=O) groups is 1. The van der Waals surface area contributed by atoms with E-state index in [-0.39, 0.29) is 23.5 Å². The van der Waals surface area contributed by atoms with E-state index in [9.17, 15) is 4.79 Å². The summed E-state index contributed by atoms with van der Waals surface area (Å²) in [6.45, 7) is 9.87. The van der Waals surface area contributed by atoms with E-state index >= 15 is 0 Å². The van der Waals surface area contributed by atoms with Gasteiger partial charge in [-0.25, -0.2) is 0 Å². The minimum absolute atomic E-state index is 0.0295. The topological polar surface area (TPSA) is 53.4 Å². The van der Waals surface area contributed by atoms with Crippen LogP contribution in [0.15, 0.2) is 30.5 Å². The van der Waals surface area contributed by atoms with Crippen LogP contribution in [0, 0.1) is 0 Å². The lowest BCUT2D eigenvalue weighted by Crippen LogP contribution is -2.41. The number of hydrogen-bond donors (Lipinski definition) is 0. The fourth-order valence-corrected chi connectivity index (χ4v) is 2.95. The van der Waals surface area contributed by atoms with Crippen molar-refractivity contribution < 1.29 is 14.1 Å². The molecule has 0 saturated carbocycles. The van der Waals surface area contributed by atoms with E-state index in [0.29, 0.717) is 5.15 Å². The molecule has 0 N–H and O–H groups in total. The summed E-state index contributed by atoms with van der Waals surface area (Å²) in [5.41, 5.74) is 1.94. The van der Waals surface area contributed by atoms with Crippen LogP contribution in [0.4, 0.5) is 0 Å². The standard InChI is InChI=1S/C18H22BClN2O3/c1-12(23)10-22-11-15(16(20)21-22)13-6-8-14(9-7-13)19-24-17(2,3)18(4,5)25-19/h6-9,11H,10H2,1-5H3. The lowest BCUT2D eigenvalue weighted by molar-refractivity contribution is -0.117. The van der Waals surface area contributed by atoms with Gasteiger partial charge in [0.2, 0.25) is 0 Å². The van der Waals surface area contributed by atoms with Crippen molar-refractivity contribution in [3.05, 3.63) is 35.6 Å². The van der Waals surface area contributed by atoms with E-state index in [1.165, 1.54) is 6.92 Å². The zero-order valence-electron chi connectivity index (χ0n) is 15.2. The van der Waals surface area contributed by atoms with Crippen LogP contribution in [-0.2, 0) is 20.6 Å². The molecule has 5 nitrogen and oxygen atoms in total. The molecule has 3 rings (SSSR count). The molecule has 2 heterocycles. The minimum atomic E-state index is -0.394. The Labute approximate surface area is 153 Å². The summed E-state index contributed by atoms with van der Waals surface area (Å²) in [7, 11) is -0.394. The molecular weight excluding hydrogens is 338 g/mol. The number of hydrogen-bond acceptors (Lipinski definition) is 4. The average Bonchev–Trinajstić information content (AvgIpc) is 2.95. The number of aromatic nitrogens is 2. The van der Waals surface area contributed by atoms with Crippen molar-refractivity contribution in [3.63, 3.8) is 0 Å². The molecule has 0 atom stereocenters. The van der Waals surface area contributed by atoms with Crippen LogP contribution in [0.3, 0.4) is 0 Å². The molecule has 1 aliphatic rings. The van der Waals surface area contributed by atoms with Gasteiger partial charge in [0.05, 0.1) is 17.7 Å².